The summed E-state index contributed by atoms with van der Waals surface area (Å²) in [6.07, 6.45) is -0.0197. The minimum atomic E-state index is -0.302. The van der Waals surface area contributed by atoms with Gasteiger partial charge in [0.15, 0.2) is 5.78 Å². The Hall–Kier alpha value is -0.220. The number of halogens is 2. The molecule has 1 unspecified atom stereocenters. The summed E-state index contributed by atoms with van der Waals surface area (Å²) in [7, 11) is 0. The van der Waals surface area contributed by atoms with Crippen molar-refractivity contribution in [1.82, 2.24) is 0 Å². The Balaban J connectivity index is 2.04. The van der Waals surface area contributed by atoms with Crippen molar-refractivity contribution in [2.75, 3.05) is 18.1 Å². The van der Waals surface area contributed by atoms with E-state index in [9.17, 15) is 4.79 Å². The van der Waals surface area contributed by atoms with Gasteiger partial charge in [-0.25, -0.2) is 0 Å². The zero-order valence-electron chi connectivity index (χ0n) is 9.12. The average Bonchev–Trinajstić information content (AvgIpc) is 2.35. The van der Waals surface area contributed by atoms with Crippen LogP contribution in [0.15, 0.2) is 18.2 Å². The van der Waals surface area contributed by atoms with Crippen LogP contribution in [0.3, 0.4) is 0 Å². The molecular formula is C12H12Cl2O2S. The van der Waals surface area contributed by atoms with E-state index in [0.717, 1.165) is 17.1 Å². The summed E-state index contributed by atoms with van der Waals surface area (Å²) in [4.78, 5) is 12.0. The summed E-state index contributed by atoms with van der Waals surface area (Å²) in [6.45, 7) is 0.643. The largest absolute Gasteiger partial charge is 0.369 e. The van der Waals surface area contributed by atoms with Crippen LogP contribution in [0.5, 0.6) is 0 Å². The highest BCUT2D eigenvalue weighted by Crippen LogP contribution is 2.23. The van der Waals surface area contributed by atoms with Gasteiger partial charge in [0.1, 0.15) is 6.10 Å². The molecule has 1 saturated heterocycles. The van der Waals surface area contributed by atoms with E-state index in [1.165, 1.54) is 0 Å². The van der Waals surface area contributed by atoms with Crippen LogP contribution in [0.25, 0.3) is 0 Å². The van der Waals surface area contributed by atoms with Gasteiger partial charge in [-0.1, -0.05) is 23.2 Å². The first-order chi connectivity index (χ1) is 8.16. The van der Waals surface area contributed by atoms with E-state index in [-0.39, 0.29) is 18.3 Å². The van der Waals surface area contributed by atoms with Crippen molar-refractivity contribution in [1.29, 1.82) is 0 Å². The zero-order valence-corrected chi connectivity index (χ0v) is 11.4. The van der Waals surface area contributed by atoms with Gasteiger partial charge in [-0.2, -0.15) is 11.8 Å². The molecular weight excluding hydrogens is 279 g/mol. The monoisotopic (exact) mass is 290 g/mol. The minimum absolute atomic E-state index is 0.0707. The molecule has 0 aromatic heterocycles. The number of rotatable bonds is 3. The topological polar surface area (TPSA) is 26.3 Å². The van der Waals surface area contributed by atoms with E-state index in [1.807, 2.05) is 0 Å². The molecule has 1 fully saturated rings. The van der Waals surface area contributed by atoms with Crippen molar-refractivity contribution < 1.29 is 9.53 Å². The van der Waals surface area contributed by atoms with E-state index in [2.05, 4.69) is 0 Å². The lowest BCUT2D eigenvalue weighted by molar-refractivity contribution is -0.128. The van der Waals surface area contributed by atoms with Gasteiger partial charge in [-0.05, 0) is 23.8 Å². The summed E-state index contributed by atoms with van der Waals surface area (Å²) in [5.74, 6) is 1.76. The Morgan fingerprint density at radius 3 is 3.00 bits per heavy atom. The molecule has 1 aliphatic heterocycles. The third-order valence-electron chi connectivity index (χ3n) is 2.55. The molecule has 0 amide bonds. The third kappa shape index (κ3) is 3.62. The standard InChI is InChI=1S/C12H12Cl2O2S/c13-9-1-2-10(14)8(5-9)6-11(15)12-7-17-4-3-16-12/h1-2,5,12H,3-4,6-7H2. The van der Waals surface area contributed by atoms with Crippen molar-refractivity contribution in [2.24, 2.45) is 0 Å². The number of hydrogen-bond donors (Lipinski definition) is 0. The first-order valence-corrected chi connectivity index (χ1v) is 7.24. The maximum Gasteiger partial charge on any atom is 0.166 e. The number of thioether (sulfide) groups is 1. The summed E-state index contributed by atoms with van der Waals surface area (Å²) in [5, 5.41) is 1.17. The molecule has 0 bridgehead atoms. The summed E-state index contributed by atoms with van der Waals surface area (Å²) in [6, 6.07) is 5.16. The molecule has 0 saturated carbocycles. The number of carbonyl (C=O) groups is 1. The van der Waals surface area contributed by atoms with Gasteiger partial charge in [0, 0.05) is 28.0 Å². The van der Waals surface area contributed by atoms with Gasteiger partial charge in [0.2, 0.25) is 0 Å². The number of ether oxygens (including phenoxy) is 1. The molecule has 17 heavy (non-hydrogen) atoms. The first kappa shape index (κ1) is 13.2. The highest BCUT2D eigenvalue weighted by Gasteiger charge is 2.22. The molecule has 0 aliphatic carbocycles. The Labute approximate surface area is 115 Å². The Morgan fingerprint density at radius 1 is 1.47 bits per heavy atom. The van der Waals surface area contributed by atoms with Crippen LogP contribution in [0.4, 0.5) is 0 Å². The lowest BCUT2D eigenvalue weighted by Crippen LogP contribution is -2.32. The summed E-state index contributed by atoms with van der Waals surface area (Å²) < 4.78 is 5.44. The summed E-state index contributed by atoms with van der Waals surface area (Å²) >= 11 is 13.6. The molecule has 2 rings (SSSR count). The first-order valence-electron chi connectivity index (χ1n) is 5.33. The van der Waals surface area contributed by atoms with Crippen molar-refractivity contribution in [3.8, 4) is 0 Å². The van der Waals surface area contributed by atoms with Crippen LogP contribution in [0, 0.1) is 0 Å². The van der Waals surface area contributed by atoms with E-state index in [1.54, 1.807) is 30.0 Å². The second-order valence-electron chi connectivity index (χ2n) is 3.81. The van der Waals surface area contributed by atoms with Gasteiger partial charge in [-0.15, -0.1) is 0 Å². The van der Waals surface area contributed by atoms with Crippen molar-refractivity contribution in [3.63, 3.8) is 0 Å². The molecule has 0 radical (unpaired) electrons. The fourth-order valence-corrected chi connectivity index (χ4v) is 2.91. The average molecular weight is 291 g/mol. The van der Waals surface area contributed by atoms with Gasteiger partial charge >= 0.3 is 0 Å². The van der Waals surface area contributed by atoms with Gasteiger partial charge in [0.05, 0.1) is 6.61 Å². The highest BCUT2D eigenvalue weighted by molar-refractivity contribution is 7.99. The number of benzene rings is 1. The van der Waals surface area contributed by atoms with Crippen LogP contribution in [-0.2, 0) is 16.0 Å². The smallest absolute Gasteiger partial charge is 0.166 e. The second kappa shape index (κ2) is 6.10. The molecule has 1 aromatic carbocycles. The Morgan fingerprint density at radius 2 is 2.29 bits per heavy atom. The van der Waals surface area contributed by atoms with E-state index < -0.39 is 0 Å². The number of Topliss-reactive ketones (excluding diaryl/α,β-unsaturated/α-hetero) is 1. The van der Waals surface area contributed by atoms with E-state index >= 15 is 0 Å². The Kier molecular flexibility index (Phi) is 4.74. The quantitative estimate of drug-likeness (QED) is 0.855. The molecule has 1 aromatic rings. The van der Waals surface area contributed by atoms with Gasteiger partial charge < -0.3 is 4.74 Å². The summed E-state index contributed by atoms with van der Waals surface area (Å²) in [5.41, 5.74) is 0.767. The molecule has 1 heterocycles. The van der Waals surface area contributed by atoms with Crippen molar-refractivity contribution in [3.05, 3.63) is 33.8 Å². The number of hydrogen-bond acceptors (Lipinski definition) is 3. The van der Waals surface area contributed by atoms with E-state index in [4.69, 9.17) is 27.9 Å². The van der Waals surface area contributed by atoms with E-state index in [0.29, 0.717) is 16.7 Å². The number of ketones is 1. The molecule has 0 spiro atoms. The molecule has 1 aliphatic rings. The minimum Gasteiger partial charge on any atom is -0.369 e. The second-order valence-corrected chi connectivity index (χ2v) is 5.81. The third-order valence-corrected chi connectivity index (χ3v) is 4.15. The predicted molar refractivity (Wildman–Crippen MR) is 72.2 cm³/mol. The maximum absolute atomic E-state index is 12.0. The maximum atomic E-state index is 12.0. The highest BCUT2D eigenvalue weighted by atomic mass is 35.5. The van der Waals surface area contributed by atoms with Gasteiger partial charge in [0.25, 0.3) is 0 Å². The van der Waals surface area contributed by atoms with Crippen LogP contribution in [-0.4, -0.2) is 30.0 Å². The molecule has 5 heteroatoms. The van der Waals surface area contributed by atoms with Crippen LogP contribution in [0.1, 0.15) is 5.56 Å². The van der Waals surface area contributed by atoms with Gasteiger partial charge in [-0.3, -0.25) is 4.79 Å². The fraction of sp³-hybridized carbons (Fsp3) is 0.417. The SMILES string of the molecule is O=C(Cc1cc(Cl)ccc1Cl)C1CSCCO1. The van der Waals surface area contributed by atoms with Crippen LogP contribution in [0.2, 0.25) is 10.0 Å². The zero-order chi connectivity index (χ0) is 12.3. The van der Waals surface area contributed by atoms with Crippen molar-refractivity contribution >= 4 is 40.7 Å². The Bertz CT molecular complexity index is 417. The predicted octanol–water partition coefficient (Wildman–Crippen LogP) is 3.24. The van der Waals surface area contributed by atoms with Crippen molar-refractivity contribution in [2.45, 2.75) is 12.5 Å². The lowest BCUT2D eigenvalue weighted by Gasteiger charge is -2.21. The fourth-order valence-electron chi connectivity index (χ4n) is 1.65. The van der Waals surface area contributed by atoms with Crippen LogP contribution < -0.4 is 0 Å². The molecule has 1 atom stereocenters. The number of carbonyl (C=O) groups excluding carboxylic acids is 1. The molecule has 0 N–H and O–H groups in total. The molecule has 2 nitrogen and oxygen atoms in total. The molecule has 92 valence electrons. The normalized spacial score (nSPS) is 20.2. The lowest BCUT2D eigenvalue weighted by atomic mass is 10.1. The van der Waals surface area contributed by atoms with Crippen LogP contribution >= 0.6 is 35.0 Å².